The number of nitrogens with zero attached hydrogens (tertiary/aromatic N) is 2. The van der Waals surface area contributed by atoms with Gasteiger partial charge < -0.3 is 15.4 Å². The number of rotatable bonds is 9. The number of halogens is 1. The van der Waals surface area contributed by atoms with Crippen LogP contribution >= 0.6 is 11.6 Å². The number of anilines is 4. The molecule has 0 amide bonds. The van der Waals surface area contributed by atoms with Crippen molar-refractivity contribution < 1.29 is 13.2 Å². The Morgan fingerprint density at radius 1 is 1.06 bits per heavy atom. The molecule has 0 fully saturated rings. The van der Waals surface area contributed by atoms with E-state index in [0.717, 1.165) is 11.3 Å². The highest BCUT2D eigenvalue weighted by Crippen LogP contribution is 2.35. The van der Waals surface area contributed by atoms with E-state index in [9.17, 15) is 8.42 Å². The summed E-state index contributed by atoms with van der Waals surface area (Å²) in [5, 5.41) is 5.98. The molecule has 0 bridgehead atoms. The third-order valence-electron chi connectivity index (χ3n) is 5.35. The third kappa shape index (κ3) is 5.62. The summed E-state index contributed by atoms with van der Waals surface area (Å²) in [7, 11) is -3.51. The number of benzene rings is 2. The molecule has 0 unspecified atom stereocenters. The Morgan fingerprint density at radius 2 is 1.76 bits per heavy atom. The maximum absolute atomic E-state index is 12.8. The molecule has 0 radical (unpaired) electrons. The lowest BCUT2D eigenvalue weighted by Gasteiger charge is -2.18. The third-order valence-corrected chi connectivity index (χ3v) is 7.83. The average Bonchev–Trinajstić information content (AvgIpc) is 2.77. The van der Waals surface area contributed by atoms with Crippen molar-refractivity contribution in [2.24, 2.45) is 0 Å². The Kier molecular flexibility index (Phi) is 8.05. The fourth-order valence-electron chi connectivity index (χ4n) is 3.53. The first-order valence-electron chi connectivity index (χ1n) is 11.2. The highest BCUT2D eigenvalue weighted by Gasteiger charge is 2.23. The minimum absolute atomic E-state index is 0.188. The normalized spacial score (nSPS) is 11.7. The average molecular weight is 503 g/mol. The molecule has 0 aliphatic rings. The fourth-order valence-corrected chi connectivity index (χ4v) is 4.87. The monoisotopic (exact) mass is 502 g/mol. The maximum atomic E-state index is 12.8. The SMILES string of the molecule is CCOc1cc(C(C)C)c(C)cc1Nc1ncc(Cl)c(Nc2ccccc2S(=O)(=O)C(C)C)n1. The molecular formula is C25H31ClN4O3S. The number of sulfone groups is 1. The second kappa shape index (κ2) is 10.6. The Bertz CT molecular complexity index is 1280. The van der Waals surface area contributed by atoms with Crippen LogP contribution in [0.5, 0.6) is 5.75 Å². The predicted molar refractivity (Wildman–Crippen MR) is 139 cm³/mol. The molecule has 2 aromatic carbocycles. The van der Waals surface area contributed by atoms with E-state index in [-0.39, 0.29) is 9.92 Å². The van der Waals surface area contributed by atoms with Crippen molar-refractivity contribution in [2.45, 2.75) is 57.6 Å². The van der Waals surface area contributed by atoms with Gasteiger partial charge in [-0.25, -0.2) is 13.4 Å². The zero-order chi connectivity index (χ0) is 25.0. The first-order chi connectivity index (χ1) is 16.0. The van der Waals surface area contributed by atoms with Gasteiger partial charge in [-0.1, -0.05) is 37.6 Å². The molecule has 34 heavy (non-hydrogen) atoms. The molecule has 182 valence electrons. The summed E-state index contributed by atoms with van der Waals surface area (Å²) in [6, 6.07) is 10.7. The van der Waals surface area contributed by atoms with E-state index in [2.05, 4.69) is 41.4 Å². The van der Waals surface area contributed by atoms with E-state index >= 15 is 0 Å². The number of aryl methyl sites for hydroxylation is 1. The van der Waals surface area contributed by atoms with Gasteiger partial charge in [0.1, 0.15) is 10.8 Å². The quantitative estimate of drug-likeness (QED) is 0.339. The number of hydrogen-bond acceptors (Lipinski definition) is 7. The minimum atomic E-state index is -3.51. The van der Waals surface area contributed by atoms with Crippen LogP contribution in [0.1, 0.15) is 51.7 Å². The van der Waals surface area contributed by atoms with Crippen molar-refractivity contribution in [3.63, 3.8) is 0 Å². The fraction of sp³-hybridized carbons (Fsp3) is 0.360. The number of nitrogens with one attached hydrogen (secondary N) is 2. The van der Waals surface area contributed by atoms with Crippen molar-refractivity contribution in [1.82, 2.24) is 9.97 Å². The summed E-state index contributed by atoms with van der Waals surface area (Å²) in [6.45, 7) is 12.1. The number of aromatic nitrogens is 2. The molecule has 0 spiro atoms. The standard InChI is InChI=1S/C25H31ClN4O3S/c1-7-33-22-13-18(15(2)3)17(6)12-21(22)29-25-27-14-19(26)24(30-25)28-20-10-8-9-11-23(20)34(31,32)16(4)5/h8-16H,7H2,1-6H3,(H2,27,28,29,30). The van der Waals surface area contributed by atoms with Crippen molar-refractivity contribution in [3.8, 4) is 5.75 Å². The van der Waals surface area contributed by atoms with E-state index in [1.807, 2.05) is 19.1 Å². The van der Waals surface area contributed by atoms with E-state index in [1.54, 1.807) is 38.1 Å². The van der Waals surface area contributed by atoms with Gasteiger partial charge >= 0.3 is 0 Å². The van der Waals surface area contributed by atoms with Crippen LogP contribution in [0.3, 0.4) is 0 Å². The summed E-state index contributed by atoms with van der Waals surface area (Å²) in [6.07, 6.45) is 1.47. The van der Waals surface area contributed by atoms with Gasteiger partial charge in [-0.05, 0) is 69.0 Å². The Morgan fingerprint density at radius 3 is 2.41 bits per heavy atom. The van der Waals surface area contributed by atoms with Gasteiger partial charge in [0, 0.05) is 0 Å². The lowest BCUT2D eigenvalue weighted by atomic mass is 9.97. The summed E-state index contributed by atoms with van der Waals surface area (Å²) in [5.41, 5.74) is 3.46. The van der Waals surface area contributed by atoms with Gasteiger partial charge in [0.05, 0.1) is 34.3 Å². The molecule has 0 aliphatic carbocycles. The van der Waals surface area contributed by atoms with Crippen LogP contribution in [-0.4, -0.2) is 30.2 Å². The topological polar surface area (TPSA) is 93.2 Å². The van der Waals surface area contributed by atoms with Crippen molar-refractivity contribution in [1.29, 1.82) is 0 Å². The lowest BCUT2D eigenvalue weighted by Crippen LogP contribution is -2.15. The molecule has 0 saturated carbocycles. The van der Waals surface area contributed by atoms with Crippen LogP contribution in [0.2, 0.25) is 5.02 Å². The van der Waals surface area contributed by atoms with E-state index in [0.29, 0.717) is 35.7 Å². The molecule has 9 heteroatoms. The summed E-state index contributed by atoms with van der Waals surface area (Å²) in [5.74, 6) is 1.66. The van der Waals surface area contributed by atoms with Crippen LogP contribution in [0.4, 0.5) is 23.1 Å². The minimum Gasteiger partial charge on any atom is -0.492 e. The lowest BCUT2D eigenvalue weighted by molar-refractivity contribution is 0.341. The van der Waals surface area contributed by atoms with Crippen LogP contribution in [0.15, 0.2) is 47.5 Å². The largest absolute Gasteiger partial charge is 0.492 e. The highest BCUT2D eigenvalue weighted by molar-refractivity contribution is 7.92. The summed E-state index contributed by atoms with van der Waals surface area (Å²) >= 11 is 6.35. The molecular weight excluding hydrogens is 472 g/mol. The van der Waals surface area contributed by atoms with E-state index in [1.165, 1.54) is 11.8 Å². The molecule has 0 atom stereocenters. The smallest absolute Gasteiger partial charge is 0.229 e. The second-order valence-electron chi connectivity index (χ2n) is 8.52. The van der Waals surface area contributed by atoms with Crippen LogP contribution in [0, 0.1) is 6.92 Å². The Labute approximate surface area is 206 Å². The van der Waals surface area contributed by atoms with E-state index < -0.39 is 15.1 Å². The maximum Gasteiger partial charge on any atom is 0.229 e. The van der Waals surface area contributed by atoms with Gasteiger partial charge in [-0.2, -0.15) is 4.98 Å². The Balaban J connectivity index is 1.98. The van der Waals surface area contributed by atoms with Crippen LogP contribution in [0.25, 0.3) is 0 Å². The van der Waals surface area contributed by atoms with Gasteiger partial charge in [0.15, 0.2) is 15.7 Å². The first-order valence-corrected chi connectivity index (χ1v) is 13.1. The summed E-state index contributed by atoms with van der Waals surface area (Å²) in [4.78, 5) is 8.99. The van der Waals surface area contributed by atoms with Crippen molar-refractivity contribution >= 4 is 44.6 Å². The summed E-state index contributed by atoms with van der Waals surface area (Å²) < 4.78 is 31.5. The van der Waals surface area contributed by atoms with Crippen molar-refractivity contribution in [3.05, 3.63) is 58.7 Å². The molecule has 0 aliphatic heterocycles. The first kappa shape index (κ1) is 25.8. The molecule has 0 saturated heterocycles. The zero-order valence-corrected chi connectivity index (χ0v) is 21.9. The molecule has 7 nitrogen and oxygen atoms in total. The van der Waals surface area contributed by atoms with Crippen molar-refractivity contribution in [2.75, 3.05) is 17.2 Å². The number of hydrogen-bond donors (Lipinski definition) is 2. The number of ether oxygens (including phenoxy) is 1. The predicted octanol–water partition coefficient (Wildman–Crippen LogP) is 6.63. The second-order valence-corrected chi connectivity index (χ2v) is 11.4. The molecule has 1 aromatic heterocycles. The van der Waals surface area contributed by atoms with Gasteiger partial charge in [0.2, 0.25) is 5.95 Å². The molecule has 3 aromatic rings. The van der Waals surface area contributed by atoms with Gasteiger partial charge in [-0.3, -0.25) is 0 Å². The number of para-hydroxylation sites is 1. The zero-order valence-electron chi connectivity index (χ0n) is 20.3. The Hall–Kier alpha value is -2.84. The van der Waals surface area contributed by atoms with Crippen LogP contribution in [-0.2, 0) is 9.84 Å². The molecule has 1 heterocycles. The van der Waals surface area contributed by atoms with E-state index in [4.69, 9.17) is 16.3 Å². The van der Waals surface area contributed by atoms with Gasteiger partial charge in [-0.15, -0.1) is 0 Å². The molecule has 2 N–H and O–H groups in total. The van der Waals surface area contributed by atoms with Crippen LogP contribution < -0.4 is 15.4 Å². The highest BCUT2D eigenvalue weighted by atomic mass is 35.5. The van der Waals surface area contributed by atoms with Gasteiger partial charge in [0.25, 0.3) is 0 Å². The molecule has 3 rings (SSSR count).